The number of fused-ring (bicyclic) bond motifs is 1. The molecule has 2 aromatic rings. The summed E-state index contributed by atoms with van der Waals surface area (Å²) < 4.78 is 16.2. The van der Waals surface area contributed by atoms with E-state index < -0.39 is 18.2 Å². The predicted molar refractivity (Wildman–Crippen MR) is 95.4 cm³/mol. The van der Waals surface area contributed by atoms with E-state index in [1.165, 1.54) is 0 Å². The molecule has 0 saturated carbocycles. The van der Waals surface area contributed by atoms with Gasteiger partial charge in [-0.3, -0.25) is 0 Å². The van der Waals surface area contributed by atoms with Gasteiger partial charge in [-0.15, -0.1) is 0 Å². The van der Waals surface area contributed by atoms with Crippen molar-refractivity contribution < 1.29 is 23.8 Å². The van der Waals surface area contributed by atoms with Crippen LogP contribution in [-0.2, 0) is 14.3 Å². The van der Waals surface area contributed by atoms with Crippen molar-refractivity contribution in [1.29, 1.82) is 0 Å². The Kier molecular flexibility index (Phi) is 5.60. The van der Waals surface area contributed by atoms with Crippen molar-refractivity contribution >= 4 is 22.7 Å². The van der Waals surface area contributed by atoms with Crippen molar-refractivity contribution in [2.45, 2.75) is 27.1 Å². The molecule has 0 spiro atoms. The zero-order chi connectivity index (χ0) is 18.6. The predicted octanol–water partition coefficient (Wildman–Crippen LogP) is 4.17. The zero-order valence-electron chi connectivity index (χ0n) is 14.5. The quantitative estimate of drug-likeness (QED) is 0.342. The van der Waals surface area contributed by atoms with E-state index in [0.717, 1.165) is 5.39 Å². The van der Waals surface area contributed by atoms with Crippen LogP contribution in [0.3, 0.4) is 0 Å². The van der Waals surface area contributed by atoms with Gasteiger partial charge in [0.05, 0.1) is 0 Å². The van der Waals surface area contributed by atoms with Gasteiger partial charge >= 0.3 is 11.9 Å². The van der Waals surface area contributed by atoms with E-state index in [2.05, 4.69) is 13.2 Å². The van der Waals surface area contributed by atoms with Crippen LogP contribution in [0, 0.1) is 0 Å². The number of rotatable bonds is 6. The van der Waals surface area contributed by atoms with Crippen LogP contribution in [-0.4, -0.2) is 18.2 Å². The van der Waals surface area contributed by atoms with E-state index in [1.807, 2.05) is 24.3 Å². The fourth-order valence-corrected chi connectivity index (χ4v) is 2.08. The van der Waals surface area contributed by atoms with Gasteiger partial charge in [0.15, 0.2) is 0 Å². The van der Waals surface area contributed by atoms with E-state index in [1.54, 1.807) is 32.9 Å². The third kappa shape index (κ3) is 4.47. The van der Waals surface area contributed by atoms with Crippen molar-refractivity contribution in [2.24, 2.45) is 0 Å². The first-order valence-electron chi connectivity index (χ1n) is 7.72. The fraction of sp³-hybridized carbons (Fsp3) is 0.200. The standard InChI is InChI=1S/C20H20O5/c1-12(2)19(21)24-14(5)23-17-10-11-18(25-20(22)13(3)4)16-9-7-6-8-15(16)17/h6-11,14H,1,3H2,2,4-5H3. The minimum Gasteiger partial charge on any atom is -0.454 e. The summed E-state index contributed by atoms with van der Waals surface area (Å²) in [5.41, 5.74) is 0.604. The van der Waals surface area contributed by atoms with Gasteiger partial charge in [-0.05, 0) is 26.0 Å². The van der Waals surface area contributed by atoms with Gasteiger partial charge in [0.1, 0.15) is 11.5 Å². The molecule has 1 atom stereocenters. The van der Waals surface area contributed by atoms with Gasteiger partial charge in [-0.2, -0.15) is 0 Å². The number of hydrogen-bond acceptors (Lipinski definition) is 5. The van der Waals surface area contributed by atoms with Crippen LogP contribution < -0.4 is 9.47 Å². The van der Waals surface area contributed by atoms with E-state index in [0.29, 0.717) is 28.0 Å². The number of ether oxygens (including phenoxy) is 3. The Morgan fingerprint density at radius 3 is 1.96 bits per heavy atom. The van der Waals surface area contributed by atoms with Crippen molar-refractivity contribution in [2.75, 3.05) is 0 Å². The second kappa shape index (κ2) is 7.66. The molecular formula is C20H20O5. The Hall–Kier alpha value is -3.08. The smallest absolute Gasteiger partial charge is 0.338 e. The van der Waals surface area contributed by atoms with E-state index in [9.17, 15) is 9.59 Å². The molecule has 0 aromatic heterocycles. The van der Waals surface area contributed by atoms with Crippen molar-refractivity contribution in [3.63, 3.8) is 0 Å². The molecule has 0 fully saturated rings. The number of hydrogen-bond donors (Lipinski definition) is 0. The number of benzene rings is 2. The van der Waals surface area contributed by atoms with E-state index in [-0.39, 0.29) is 0 Å². The molecule has 0 amide bonds. The molecule has 0 aliphatic rings. The molecule has 130 valence electrons. The van der Waals surface area contributed by atoms with Gasteiger partial charge in [-0.1, -0.05) is 37.4 Å². The number of esters is 2. The first kappa shape index (κ1) is 18.3. The maximum absolute atomic E-state index is 11.8. The number of carbonyl (C=O) groups is 2. The molecule has 5 heteroatoms. The summed E-state index contributed by atoms with van der Waals surface area (Å²) in [6.45, 7) is 11.9. The lowest BCUT2D eigenvalue weighted by atomic mass is 10.1. The van der Waals surface area contributed by atoms with Crippen LogP contribution in [0.2, 0.25) is 0 Å². The lowest BCUT2D eigenvalue weighted by Crippen LogP contribution is -2.21. The molecule has 0 N–H and O–H groups in total. The molecule has 2 rings (SSSR count). The monoisotopic (exact) mass is 340 g/mol. The van der Waals surface area contributed by atoms with Gasteiger partial charge in [0.2, 0.25) is 6.29 Å². The minimum absolute atomic E-state index is 0.294. The lowest BCUT2D eigenvalue weighted by molar-refractivity contribution is -0.156. The minimum atomic E-state index is -0.795. The Balaban J connectivity index is 2.31. The Labute approximate surface area is 146 Å². The first-order chi connectivity index (χ1) is 11.8. The molecule has 0 aliphatic carbocycles. The highest BCUT2D eigenvalue weighted by molar-refractivity contribution is 5.97. The Morgan fingerprint density at radius 1 is 0.880 bits per heavy atom. The highest BCUT2D eigenvalue weighted by Gasteiger charge is 2.15. The third-order valence-electron chi connectivity index (χ3n) is 3.31. The SMILES string of the molecule is C=C(C)C(=O)Oc1ccc(OC(C)OC(=O)C(=C)C)c2ccccc12. The molecule has 2 aromatic carbocycles. The summed E-state index contributed by atoms with van der Waals surface area (Å²) in [4.78, 5) is 23.4. The average Bonchev–Trinajstić information content (AvgIpc) is 2.56. The molecule has 25 heavy (non-hydrogen) atoms. The largest absolute Gasteiger partial charge is 0.454 e. The highest BCUT2D eigenvalue weighted by Crippen LogP contribution is 2.34. The molecule has 0 aliphatic heterocycles. The summed E-state index contributed by atoms with van der Waals surface area (Å²) in [5, 5.41) is 1.43. The zero-order valence-corrected chi connectivity index (χ0v) is 14.5. The van der Waals surface area contributed by atoms with Crippen LogP contribution in [0.15, 0.2) is 60.7 Å². The summed E-state index contributed by atoms with van der Waals surface area (Å²) >= 11 is 0. The van der Waals surface area contributed by atoms with Gasteiger partial charge in [0, 0.05) is 28.8 Å². The summed E-state index contributed by atoms with van der Waals surface area (Å²) in [7, 11) is 0. The molecule has 0 saturated heterocycles. The second-order valence-electron chi connectivity index (χ2n) is 5.65. The summed E-state index contributed by atoms with van der Waals surface area (Å²) in [5.74, 6) is -0.110. The molecule has 1 unspecified atom stereocenters. The van der Waals surface area contributed by atoms with Crippen LogP contribution in [0.1, 0.15) is 20.8 Å². The third-order valence-corrected chi connectivity index (χ3v) is 3.31. The lowest BCUT2D eigenvalue weighted by Gasteiger charge is -2.17. The van der Waals surface area contributed by atoms with Crippen LogP contribution in [0.4, 0.5) is 0 Å². The first-order valence-corrected chi connectivity index (χ1v) is 7.72. The second-order valence-corrected chi connectivity index (χ2v) is 5.65. The van der Waals surface area contributed by atoms with Gasteiger partial charge in [-0.25, -0.2) is 9.59 Å². The molecular weight excluding hydrogens is 320 g/mol. The van der Waals surface area contributed by atoms with Crippen LogP contribution in [0.25, 0.3) is 10.8 Å². The summed E-state index contributed by atoms with van der Waals surface area (Å²) in [6.07, 6.45) is -0.795. The van der Waals surface area contributed by atoms with Crippen LogP contribution >= 0.6 is 0 Å². The Bertz CT molecular complexity index is 850. The van der Waals surface area contributed by atoms with Gasteiger partial charge in [0.25, 0.3) is 0 Å². The molecule has 5 nitrogen and oxygen atoms in total. The maximum atomic E-state index is 11.8. The van der Waals surface area contributed by atoms with Crippen molar-refractivity contribution in [3.05, 3.63) is 60.7 Å². The van der Waals surface area contributed by atoms with Crippen molar-refractivity contribution in [3.8, 4) is 11.5 Å². The highest BCUT2D eigenvalue weighted by atomic mass is 16.7. The molecule has 0 bridgehead atoms. The average molecular weight is 340 g/mol. The Morgan fingerprint density at radius 2 is 1.40 bits per heavy atom. The fourth-order valence-electron chi connectivity index (χ4n) is 2.08. The van der Waals surface area contributed by atoms with Crippen molar-refractivity contribution in [1.82, 2.24) is 0 Å². The topological polar surface area (TPSA) is 61.8 Å². The number of carbonyl (C=O) groups excluding carboxylic acids is 2. The van der Waals surface area contributed by atoms with Crippen LogP contribution in [0.5, 0.6) is 11.5 Å². The molecule has 0 radical (unpaired) electrons. The van der Waals surface area contributed by atoms with E-state index >= 15 is 0 Å². The summed E-state index contributed by atoms with van der Waals surface area (Å²) in [6, 6.07) is 10.6. The van der Waals surface area contributed by atoms with E-state index in [4.69, 9.17) is 14.2 Å². The molecule has 0 heterocycles. The normalized spacial score (nSPS) is 11.5. The van der Waals surface area contributed by atoms with Gasteiger partial charge < -0.3 is 14.2 Å². The maximum Gasteiger partial charge on any atom is 0.338 e.